The molecule has 0 bridgehead atoms. The van der Waals surface area contributed by atoms with Gasteiger partial charge < -0.3 is 19.1 Å². The van der Waals surface area contributed by atoms with Crippen LogP contribution < -0.4 is 9.47 Å². The molecule has 2 aromatic rings. The number of aromatic nitrogens is 2. The number of benzene rings is 1. The van der Waals surface area contributed by atoms with Crippen LogP contribution in [0.1, 0.15) is 30.5 Å². The average molecular weight is 276 g/mol. The van der Waals surface area contributed by atoms with E-state index in [0.717, 1.165) is 18.7 Å². The second-order valence-electron chi connectivity index (χ2n) is 4.63. The predicted molar refractivity (Wildman–Crippen MR) is 69.6 cm³/mol. The maximum atomic E-state index is 8.79. The molecule has 1 aliphatic carbocycles. The Kier molecular flexibility index (Phi) is 3.83. The van der Waals surface area contributed by atoms with E-state index in [1.807, 2.05) is 12.1 Å². The molecule has 0 unspecified atom stereocenters. The van der Waals surface area contributed by atoms with Gasteiger partial charge in [-0.05, 0) is 25.0 Å². The first-order valence-electron chi connectivity index (χ1n) is 6.65. The van der Waals surface area contributed by atoms with Crippen LogP contribution in [-0.2, 0) is 6.61 Å². The predicted octanol–water partition coefficient (Wildman–Crippen LogP) is 1.90. The van der Waals surface area contributed by atoms with E-state index < -0.39 is 0 Å². The maximum Gasteiger partial charge on any atom is 0.264 e. The highest BCUT2D eigenvalue weighted by molar-refractivity contribution is 5.39. The first kappa shape index (κ1) is 12.9. The van der Waals surface area contributed by atoms with Crippen molar-refractivity contribution >= 4 is 0 Å². The molecule has 0 aliphatic heterocycles. The topological polar surface area (TPSA) is 77.6 Å². The lowest BCUT2D eigenvalue weighted by molar-refractivity contribution is 0.187. The van der Waals surface area contributed by atoms with E-state index in [0.29, 0.717) is 23.3 Å². The first-order valence-corrected chi connectivity index (χ1v) is 6.65. The summed E-state index contributed by atoms with van der Waals surface area (Å²) in [5.41, 5.74) is 0. The van der Waals surface area contributed by atoms with Crippen molar-refractivity contribution < 1.29 is 19.1 Å². The lowest BCUT2D eigenvalue weighted by Gasteiger charge is -2.10. The molecule has 0 saturated heterocycles. The van der Waals surface area contributed by atoms with Crippen molar-refractivity contribution in [3.63, 3.8) is 0 Å². The van der Waals surface area contributed by atoms with Crippen LogP contribution in [0.4, 0.5) is 0 Å². The maximum absolute atomic E-state index is 8.79. The minimum Gasteiger partial charge on any atom is -0.487 e. The van der Waals surface area contributed by atoms with Crippen molar-refractivity contribution in [1.82, 2.24) is 10.1 Å². The number of para-hydroxylation sites is 2. The van der Waals surface area contributed by atoms with Gasteiger partial charge in [-0.15, -0.1) is 0 Å². The van der Waals surface area contributed by atoms with Crippen LogP contribution in [0.5, 0.6) is 11.5 Å². The van der Waals surface area contributed by atoms with Crippen molar-refractivity contribution in [1.29, 1.82) is 0 Å². The van der Waals surface area contributed by atoms with Gasteiger partial charge in [0.25, 0.3) is 5.89 Å². The Bertz CT molecular complexity index is 566. The second-order valence-corrected chi connectivity index (χ2v) is 4.63. The van der Waals surface area contributed by atoms with Crippen LogP contribution in [-0.4, -0.2) is 28.5 Å². The van der Waals surface area contributed by atoms with Gasteiger partial charge in [-0.1, -0.05) is 17.3 Å². The molecular formula is C14H16N2O4. The minimum atomic E-state index is -0.0389. The van der Waals surface area contributed by atoms with Crippen LogP contribution in [0.15, 0.2) is 28.8 Å². The van der Waals surface area contributed by atoms with Crippen LogP contribution in [0.2, 0.25) is 0 Å². The summed E-state index contributed by atoms with van der Waals surface area (Å²) >= 11 is 0. The van der Waals surface area contributed by atoms with Gasteiger partial charge in [0.05, 0.1) is 6.61 Å². The molecule has 0 atom stereocenters. The molecule has 3 rings (SSSR count). The molecule has 0 radical (unpaired) electrons. The van der Waals surface area contributed by atoms with Gasteiger partial charge in [-0.2, -0.15) is 4.98 Å². The summed E-state index contributed by atoms with van der Waals surface area (Å²) < 4.78 is 16.2. The van der Waals surface area contributed by atoms with E-state index in [1.54, 1.807) is 12.1 Å². The Morgan fingerprint density at radius 2 is 1.95 bits per heavy atom. The SMILES string of the molecule is OCCOc1ccccc1OCc1nc(C2CC2)no1. The summed E-state index contributed by atoms with van der Waals surface area (Å²) in [6.45, 7) is 0.398. The van der Waals surface area contributed by atoms with E-state index in [1.165, 1.54) is 0 Å². The highest BCUT2D eigenvalue weighted by atomic mass is 16.5. The van der Waals surface area contributed by atoms with E-state index in [-0.39, 0.29) is 19.8 Å². The first-order chi connectivity index (χ1) is 9.86. The van der Waals surface area contributed by atoms with Crippen molar-refractivity contribution in [2.75, 3.05) is 13.2 Å². The Balaban J connectivity index is 1.61. The van der Waals surface area contributed by atoms with Gasteiger partial charge in [0.1, 0.15) is 6.61 Å². The molecule has 1 saturated carbocycles. The van der Waals surface area contributed by atoms with Crippen molar-refractivity contribution in [3.05, 3.63) is 36.0 Å². The molecule has 1 N–H and O–H groups in total. The molecule has 106 valence electrons. The van der Waals surface area contributed by atoms with Gasteiger partial charge in [-0.3, -0.25) is 0 Å². The van der Waals surface area contributed by atoms with E-state index in [9.17, 15) is 0 Å². The normalized spacial score (nSPS) is 14.2. The fraction of sp³-hybridized carbons (Fsp3) is 0.429. The van der Waals surface area contributed by atoms with Crippen LogP contribution in [0.25, 0.3) is 0 Å². The number of aliphatic hydroxyl groups is 1. The zero-order chi connectivity index (χ0) is 13.8. The lowest BCUT2D eigenvalue weighted by atomic mass is 10.3. The zero-order valence-electron chi connectivity index (χ0n) is 11.0. The fourth-order valence-electron chi connectivity index (χ4n) is 1.82. The molecule has 0 amide bonds. The molecule has 1 aromatic heterocycles. The standard InChI is InChI=1S/C14H16N2O4/c17-7-8-18-11-3-1-2-4-12(11)19-9-13-15-14(16-20-13)10-5-6-10/h1-4,10,17H,5-9H2. The third kappa shape index (κ3) is 3.08. The Hall–Kier alpha value is -2.08. The van der Waals surface area contributed by atoms with Crippen LogP contribution in [0.3, 0.4) is 0 Å². The number of rotatable bonds is 7. The highest BCUT2D eigenvalue weighted by Crippen LogP contribution is 2.38. The van der Waals surface area contributed by atoms with Crippen LogP contribution >= 0.6 is 0 Å². The van der Waals surface area contributed by atoms with E-state index in [2.05, 4.69) is 10.1 Å². The molecule has 0 spiro atoms. The molecule has 1 heterocycles. The van der Waals surface area contributed by atoms with Crippen molar-refractivity contribution in [2.24, 2.45) is 0 Å². The number of hydrogen-bond acceptors (Lipinski definition) is 6. The van der Waals surface area contributed by atoms with E-state index >= 15 is 0 Å². The van der Waals surface area contributed by atoms with Crippen molar-refractivity contribution in [3.8, 4) is 11.5 Å². The summed E-state index contributed by atoms with van der Waals surface area (Å²) in [7, 11) is 0. The van der Waals surface area contributed by atoms with Gasteiger partial charge in [0, 0.05) is 5.92 Å². The molecule has 20 heavy (non-hydrogen) atoms. The molecule has 6 heteroatoms. The summed E-state index contributed by atoms with van der Waals surface area (Å²) in [6.07, 6.45) is 2.27. The number of aliphatic hydroxyl groups excluding tert-OH is 1. The lowest BCUT2D eigenvalue weighted by Crippen LogP contribution is -2.04. The van der Waals surface area contributed by atoms with Gasteiger partial charge in [0.15, 0.2) is 23.9 Å². The Labute approximate surface area is 116 Å². The molecular weight excluding hydrogens is 260 g/mol. The average Bonchev–Trinajstić information content (AvgIpc) is 3.23. The molecule has 1 aliphatic rings. The summed E-state index contributed by atoms with van der Waals surface area (Å²) in [6, 6.07) is 7.28. The number of ether oxygens (including phenoxy) is 2. The van der Waals surface area contributed by atoms with Crippen molar-refractivity contribution in [2.45, 2.75) is 25.4 Å². The third-order valence-electron chi connectivity index (χ3n) is 2.98. The third-order valence-corrected chi connectivity index (χ3v) is 2.98. The van der Waals surface area contributed by atoms with Gasteiger partial charge in [0.2, 0.25) is 0 Å². The fourth-order valence-corrected chi connectivity index (χ4v) is 1.82. The molecule has 1 aromatic carbocycles. The largest absolute Gasteiger partial charge is 0.487 e. The number of nitrogens with zero attached hydrogens (tertiary/aromatic N) is 2. The smallest absolute Gasteiger partial charge is 0.264 e. The molecule has 6 nitrogen and oxygen atoms in total. The zero-order valence-corrected chi connectivity index (χ0v) is 11.0. The monoisotopic (exact) mass is 276 g/mol. The van der Waals surface area contributed by atoms with Gasteiger partial charge in [-0.25, -0.2) is 0 Å². The molecule has 1 fully saturated rings. The van der Waals surface area contributed by atoms with Gasteiger partial charge >= 0.3 is 0 Å². The van der Waals surface area contributed by atoms with Crippen LogP contribution in [0, 0.1) is 0 Å². The Morgan fingerprint density at radius 1 is 1.20 bits per heavy atom. The Morgan fingerprint density at radius 3 is 2.65 bits per heavy atom. The number of hydrogen-bond donors (Lipinski definition) is 1. The highest BCUT2D eigenvalue weighted by Gasteiger charge is 2.28. The summed E-state index contributed by atoms with van der Waals surface area (Å²) in [4.78, 5) is 4.30. The minimum absolute atomic E-state index is 0.0389. The van der Waals surface area contributed by atoms with E-state index in [4.69, 9.17) is 19.1 Å². The quantitative estimate of drug-likeness (QED) is 0.832. The second kappa shape index (κ2) is 5.92. The summed E-state index contributed by atoms with van der Waals surface area (Å²) in [5, 5.41) is 12.7. The summed E-state index contributed by atoms with van der Waals surface area (Å²) in [5.74, 6) is 2.88.